The third-order valence-electron chi connectivity index (χ3n) is 3.56. The highest BCUT2D eigenvalue weighted by Gasteiger charge is 2.28. The van der Waals surface area contributed by atoms with Gasteiger partial charge < -0.3 is 16.0 Å². The number of rotatable bonds is 6. The number of aromatic nitrogens is 2. The van der Waals surface area contributed by atoms with E-state index >= 15 is 0 Å². The summed E-state index contributed by atoms with van der Waals surface area (Å²) < 4.78 is 0. The third kappa shape index (κ3) is 4.00. The Kier molecular flexibility index (Phi) is 5.67. The maximum absolute atomic E-state index is 11.7. The van der Waals surface area contributed by atoms with Crippen molar-refractivity contribution in [3.05, 3.63) is 6.07 Å². The molecule has 6 nitrogen and oxygen atoms in total. The molecule has 0 aliphatic carbocycles. The summed E-state index contributed by atoms with van der Waals surface area (Å²) in [5.74, 6) is 1.32. The van der Waals surface area contributed by atoms with Crippen molar-refractivity contribution < 1.29 is 4.79 Å². The van der Waals surface area contributed by atoms with Crippen molar-refractivity contribution in [2.24, 2.45) is 5.73 Å². The van der Waals surface area contributed by atoms with Gasteiger partial charge in [0, 0.05) is 19.2 Å². The molecule has 1 fully saturated rings. The van der Waals surface area contributed by atoms with E-state index in [9.17, 15) is 4.79 Å². The fourth-order valence-electron chi connectivity index (χ4n) is 2.50. The fourth-order valence-corrected chi connectivity index (χ4v) is 2.87. The number of piperidine rings is 1. The Hall–Kier alpha value is -1.50. The summed E-state index contributed by atoms with van der Waals surface area (Å²) in [6, 6.07) is 1.65. The SMILES string of the molecule is CCCNc1cc(N2CCCCC2C(N)=O)nc(SC)n1. The molecule has 1 unspecified atom stereocenters. The van der Waals surface area contributed by atoms with Crippen molar-refractivity contribution in [2.45, 2.75) is 43.8 Å². The van der Waals surface area contributed by atoms with Crippen LogP contribution >= 0.6 is 11.8 Å². The van der Waals surface area contributed by atoms with Crippen molar-refractivity contribution in [3.63, 3.8) is 0 Å². The lowest BCUT2D eigenvalue weighted by Gasteiger charge is -2.34. The molecule has 7 heteroatoms. The van der Waals surface area contributed by atoms with Gasteiger partial charge in [0.2, 0.25) is 5.91 Å². The minimum Gasteiger partial charge on any atom is -0.370 e. The van der Waals surface area contributed by atoms with Crippen LogP contribution in [0.5, 0.6) is 0 Å². The Morgan fingerprint density at radius 2 is 2.33 bits per heavy atom. The molecule has 2 heterocycles. The van der Waals surface area contributed by atoms with Crippen molar-refractivity contribution in [1.29, 1.82) is 0 Å². The van der Waals surface area contributed by atoms with Gasteiger partial charge in [0.05, 0.1) is 0 Å². The molecule has 1 amide bonds. The molecule has 3 N–H and O–H groups in total. The lowest BCUT2D eigenvalue weighted by molar-refractivity contribution is -0.119. The van der Waals surface area contributed by atoms with Crippen LogP contribution in [0.4, 0.5) is 11.6 Å². The molecule has 1 aromatic rings. The normalized spacial score (nSPS) is 18.6. The Balaban J connectivity index is 2.29. The summed E-state index contributed by atoms with van der Waals surface area (Å²) in [6.45, 7) is 3.79. The van der Waals surface area contributed by atoms with E-state index in [0.717, 1.165) is 50.4 Å². The summed E-state index contributed by atoms with van der Waals surface area (Å²) in [5, 5.41) is 3.99. The maximum Gasteiger partial charge on any atom is 0.240 e. The van der Waals surface area contributed by atoms with E-state index in [0.29, 0.717) is 5.16 Å². The third-order valence-corrected chi connectivity index (χ3v) is 4.10. The molecule has 1 atom stereocenters. The second kappa shape index (κ2) is 7.49. The fraction of sp³-hybridized carbons (Fsp3) is 0.643. The van der Waals surface area contributed by atoms with Gasteiger partial charge in [0.25, 0.3) is 0 Å². The Morgan fingerprint density at radius 3 is 3.00 bits per heavy atom. The van der Waals surface area contributed by atoms with E-state index in [1.54, 1.807) is 0 Å². The minimum atomic E-state index is -0.276. The number of hydrogen-bond acceptors (Lipinski definition) is 6. The van der Waals surface area contributed by atoms with Crippen LogP contribution in [0.25, 0.3) is 0 Å². The van der Waals surface area contributed by atoms with Gasteiger partial charge in [0.1, 0.15) is 17.7 Å². The summed E-state index contributed by atoms with van der Waals surface area (Å²) in [6.07, 6.45) is 5.86. The lowest BCUT2D eigenvalue weighted by Crippen LogP contribution is -2.48. The van der Waals surface area contributed by atoms with E-state index in [1.807, 2.05) is 17.2 Å². The molecule has 1 aromatic heterocycles. The number of hydrogen-bond donors (Lipinski definition) is 2. The number of nitrogens with zero attached hydrogens (tertiary/aromatic N) is 3. The van der Waals surface area contributed by atoms with Gasteiger partial charge in [-0.25, -0.2) is 9.97 Å². The number of primary amides is 1. The zero-order chi connectivity index (χ0) is 15.2. The Bertz CT molecular complexity index is 496. The molecule has 0 saturated carbocycles. The number of carbonyl (C=O) groups is 1. The molecule has 116 valence electrons. The van der Waals surface area contributed by atoms with E-state index < -0.39 is 0 Å². The molecule has 1 saturated heterocycles. The van der Waals surface area contributed by atoms with Gasteiger partial charge in [-0.2, -0.15) is 0 Å². The highest BCUT2D eigenvalue weighted by Crippen LogP contribution is 2.26. The van der Waals surface area contributed by atoms with Crippen molar-refractivity contribution in [3.8, 4) is 0 Å². The van der Waals surface area contributed by atoms with Gasteiger partial charge in [0.15, 0.2) is 5.16 Å². The number of amides is 1. The summed E-state index contributed by atoms with van der Waals surface area (Å²) in [4.78, 5) is 22.7. The first-order valence-electron chi connectivity index (χ1n) is 7.38. The maximum atomic E-state index is 11.7. The number of nitrogens with one attached hydrogen (secondary N) is 1. The van der Waals surface area contributed by atoms with Crippen molar-refractivity contribution in [1.82, 2.24) is 9.97 Å². The standard InChI is InChI=1S/C14H23N5OS/c1-3-7-16-11-9-12(18-14(17-11)21-2)19-8-5-4-6-10(19)13(15)20/h9-10H,3-8H2,1-2H3,(H2,15,20)(H,16,17,18). The van der Waals surface area contributed by atoms with Crippen LogP contribution in [0.3, 0.4) is 0 Å². The van der Waals surface area contributed by atoms with Gasteiger partial charge in [-0.15, -0.1) is 0 Å². The first-order chi connectivity index (χ1) is 10.2. The summed E-state index contributed by atoms with van der Waals surface area (Å²) in [5.41, 5.74) is 5.54. The monoisotopic (exact) mass is 309 g/mol. The highest BCUT2D eigenvalue weighted by atomic mass is 32.2. The average molecular weight is 309 g/mol. The number of nitrogens with two attached hydrogens (primary N) is 1. The molecule has 0 spiro atoms. The molecule has 2 rings (SSSR count). The summed E-state index contributed by atoms with van der Waals surface area (Å²) >= 11 is 1.50. The van der Waals surface area contributed by atoms with Crippen LogP contribution in [-0.4, -0.2) is 41.3 Å². The van der Waals surface area contributed by atoms with Crippen LogP contribution in [-0.2, 0) is 4.79 Å². The zero-order valence-corrected chi connectivity index (χ0v) is 13.4. The van der Waals surface area contributed by atoms with E-state index in [1.165, 1.54) is 11.8 Å². The molecule has 1 aliphatic heterocycles. The first-order valence-corrected chi connectivity index (χ1v) is 8.61. The van der Waals surface area contributed by atoms with Crippen LogP contribution < -0.4 is 16.0 Å². The van der Waals surface area contributed by atoms with Gasteiger partial charge in [-0.3, -0.25) is 4.79 Å². The predicted octanol–water partition coefficient (Wildman–Crippen LogP) is 1.86. The quantitative estimate of drug-likeness (QED) is 0.616. The van der Waals surface area contributed by atoms with Gasteiger partial charge >= 0.3 is 0 Å². The Labute approximate surface area is 129 Å². The number of anilines is 2. The zero-order valence-electron chi connectivity index (χ0n) is 12.6. The number of thioether (sulfide) groups is 1. The molecule has 21 heavy (non-hydrogen) atoms. The molecule has 1 aliphatic rings. The molecular weight excluding hydrogens is 286 g/mol. The molecular formula is C14H23N5OS. The topological polar surface area (TPSA) is 84.1 Å². The minimum absolute atomic E-state index is 0.262. The predicted molar refractivity (Wildman–Crippen MR) is 86.8 cm³/mol. The van der Waals surface area contributed by atoms with Gasteiger partial charge in [-0.1, -0.05) is 18.7 Å². The molecule has 0 radical (unpaired) electrons. The highest BCUT2D eigenvalue weighted by molar-refractivity contribution is 7.98. The van der Waals surface area contributed by atoms with Crippen molar-refractivity contribution >= 4 is 29.3 Å². The smallest absolute Gasteiger partial charge is 0.240 e. The Morgan fingerprint density at radius 1 is 1.52 bits per heavy atom. The van der Waals surface area contributed by atoms with Crippen molar-refractivity contribution in [2.75, 3.05) is 29.6 Å². The summed E-state index contributed by atoms with van der Waals surface area (Å²) in [7, 11) is 0. The number of carbonyl (C=O) groups excluding carboxylic acids is 1. The molecule has 0 aromatic carbocycles. The first kappa shape index (κ1) is 15.9. The van der Waals surface area contributed by atoms with Crippen LogP contribution in [0.1, 0.15) is 32.6 Å². The lowest BCUT2D eigenvalue weighted by atomic mass is 10.0. The largest absolute Gasteiger partial charge is 0.370 e. The van der Waals surface area contributed by atoms with Gasteiger partial charge in [-0.05, 0) is 31.9 Å². The van der Waals surface area contributed by atoms with E-state index in [4.69, 9.17) is 5.73 Å². The second-order valence-corrected chi connectivity index (χ2v) is 5.91. The van der Waals surface area contributed by atoms with Crippen LogP contribution in [0.15, 0.2) is 11.2 Å². The second-order valence-electron chi connectivity index (χ2n) is 5.13. The van der Waals surface area contributed by atoms with E-state index in [2.05, 4.69) is 22.2 Å². The van der Waals surface area contributed by atoms with Crippen LogP contribution in [0, 0.1) is 0 Å². The molecule has 0 bridgehead atoms. The average Bonchev–Trinajstić information content (AvgIpc) is 2.52. The van der Waals surface area contributed by atoms with Crippen LogP contribution in [0.2, 0.25) is 0 Å². The van der Waals surface area contributed by atoms with E-state index in [-0.39, 0.29) is 11.9 Å².